The van der Waals surface area contributed by atoms with Crippen molar-refractivity contribution in [1.29, 1.82) is 0 Å². The Bertz CT molecular complexity index is 974. The number of hydrogen-bond acceptors (Lipinski definition) is 4. The van der Waals surface area contributed by atoms with Crippen molar-refractivity contribution in [2.24, 2.45) is 0 Å². The Morgan fingerprint density at radius 1 is 1.37 bits per heavy atom. The molecule has 3 aromatic rings. The molecule has 4 rings (SSSR count). The van der Waals surface area contributed by atoms with Crippen molar-refractivity contribution in [1.82, 2.24) is 19.4 Å². The van der Waals surface area contributed by atoms with Crippen LogP contribution in [0.15, 0.2) is 36.2 Å². The fourth-order valence-corrected chi connectivity index (χ4v) is 4.43. The summed E-state index contributed by atoms with van der Waals surface area (Å²) in [6.45, 7) is 7.80. The lowest BCUT2D eigenvalue weighted by Gasteiger charge is -2.21. The first-order chi connectivity index (χ1) is 13.2. The van der Waals surface area contributed by atoms with E-state index in [1.165, 1.54) is 6.42 Å². The molecule has 0 saturated carbocycles. The van der Waals surface area contributed by atoms with Crippen LogP contribution in [0.4, 0.5) is 0 Å². The van der Waals surface area contributed by atoms with Crippen LogP contribution in [0.1, 0.15) is 46.0 Å². The average Bonchev–Trinajstić information content (AvgIpc) is 3.22. The highest BCUT2D eigenvalue weighted by Gasteiger charge is 2.24. The first kappa shape index (κ1) is 17.9. The predicted octanol–water partition coefficient (Wildman–Crippen LogP) is 4.36. The van der Waals surface area contributed by atoms with Crippen molar-refractivity contribution < 1.29 is 4.79 Å². The van der Waals surface area contributed by atoms with Crippen molar-refractivity contribution in [3.63, 3.8) is 0 Å². The molecule has 5 nitrogen and oxygen atoms in total. The molecule has 1 aliphatic heterocycles. The van der Waals surface area contributed by atoms with E-state index < -0.39 is 0 Å². The molecule has 0 radical (unpaired) electrons. The van der Waals surface area contributed by atoms with Gasteiger partial charge in [0.15, 0.2) is 5.65 Å². The summed E-state index contributed by atoms with van der Waals surface area (Å²) in [7, 11) is 0. The third kappa shape index (κ3) is 3.54. The number of fused-ring (bicyclic) bond motifs is 3. The van der Waals surface area contributed by atoms with E-state index in [2.05, 4.69) is 17.2 Å². The zero-order valence-electron chi connectivity index (χ0n) is 15.6. The molecule has 140 valence electrons. The van der Waals surface area contributed by atoms with Gasteiger partial charge in [0.25, 0.3) is 5.91 Å². The predicted molar refractivity (Wildman–Crippen MR) is 109 cm³/mol. The highest BCUT2D eigenvalue weighted by molar-refractivity contribution is 7.09. The lowest BCUT2D eigenvalue weighted by Crippen LogP contribution is -2.30. The smallest absolute Gasteiger partial charge is 0.256 e. The van der Waals surface area contributed by atoms with E-state index in [-0.39, 0.29) is 5.91 Å². The van der Waals surface area contributed by atoms with Crippen LogP contribution in [0.25, 0.3) is 11.2 Å². The number of hydrogen-bond donors (Lipinski definition) is 0. The van der Waals surface area contributed by atoms with Crippen LogP contribution in [0.2, 0.25) is 0 Å². The third-order valence-electron chi connectivity index (χ3n) is 4.99. The molecule has 0 fully saturated rings. The molecular weight excluding hydrogens is 356 g/mol. The number of amides is 1. The van der Waals surface area contributed by atoms with Crippen molar-refractivity contribution in [2.75, 3.05) is 6.54 Å². The Balaban J connectivity index is 1.77. The average molecular weight is 381 g/mol. The summed E-state index contributed by atoms with van der Waals surface area (Å²) in [5.74, 6) is 1.05. The molecule has 6 heteroatoms. The van der Waals surface area contributed by atoms with E-state index in [4.69, 9.17) is 9.97 Å². The number of nitrogens with zero attached hydrogens (tertiary/aromatic N) is 4. The van der Waals surface area contributed by atoms with E-state index in [1.807, 2.05) is 29.3 Å². The summed E-state index contributed by atoms with van der Waals surface area (Å²) in [5, 5.41) is 2.03. The molecule has 1 amide bonds. The quantitative estimate of drug-likeness (QED) is 0.618. The molecule has 0 spiro atoms. The van der Waals surface area contributed by atoms with E-state index in [1.54, 1.807) is 17.4 Å². The van der Waals surface area contributed by atoms with Crippen LogP contribution >= 0.6 is 11.3 Å². The van der Waals surface area contributed by atoms with Crippen LogP contribution in [0.5, 0.6) is 0 Å². The molecule has 0 aromatic carbocycles. The number of rotatable bonds is 5. The first-order valence-electron chi connectivity index (χ1n) is 9.46. The molecule has 0 N–H and O–H groups in total. The number of pyridine rings is 1. The Hall–Kier alpha value is -2.47. The molecule has 0 aliphatic carbocycles. The largest absolute Gasteiger partial charge is 0.330 e. The molecular formula is C21H24N4OS. The summed E-state index contributed by atoms with van der Waals surface area (Å²) in [6.07, 6.45) is 6.23. The van der Waals surface area contributed by atoms with E-state index in [0.29, 0.717) is 18.7 Å². The molecule has 0 saturated heterocycles. The van der Waals surface area contributed by atoms with Gasteiger partial charge in [0.2, 0.25) is 0 Å². The monoisotopic (exact) mass is 380 g/mol. The summed E-state index contributed by atoms with van der Waals surface area (Å²) in [4.78, 5) is 26.0. The minimum absolute atomic E-state index is 0.00735. The first-order valence-corrected chi connectivity index (χ1v) is 10.3. The maximum Gasteiger partial charge on any atom is 0.256 e. The van der Waals surface area contributed by atoms with Crippen LogP contribution in [-0.2, 0) is 19.5 Å². The molecule has 27 heavy (non-hydrogen) atoms. The molecule has 0 atom stereocenters. The van der Waals surface area contributed by atoms with Gasteiger partial charge in [0.1, 0.15) is 11.3 Å². The lowest BCUT2D eigenvalue weighted by molar-refractivity contribution is 0.0766. The van der Waals surface area contributed by atoms with E-state index in [9.17, 15) is 4.79 Å². The van der Waals surface area contributed by atoms with Crippen LogP contribution in [0.3, 0.4) is 0 Å². The van der Waals surface area contributed by atoms with Gasteiger partial charge in [-0.25, -0.2) is 9.97 Å². The van der Waals surface area contributed by atoms with Gasteiger partial charge in [-0.05, 0) is 37.3 Å². The Kier molecular flexibility index (Phi) is 5.07. The summed E-state index contributed by atoms with van der Waals surface area (Å²) >= 11 is 1.66. The van der Waals surface area contributed by atoms with Crippen molar-refractivity contribution in [3.8, 4) is 0 Å². The summed E-state index contributed by atoms with van der Waals surface area (Å²) in [5.41, 5.74) is 3.09. The fourth-order valence-electron chi connectivity index (χ4n) is 3.71. The number of carbonyl (C=O) groups excluding carboxylic acids is 1. The van der Waals surface area contributed by atoms with Gasteiger partial charge in [-0.2, -0.15) is 0 Å². The Morgan fingerprint density at radius 3 is 3.04 bits per heavy atom. The molecule has 0 bridgehead atoms. The number of carbonyl (C=O) groups is 1. The van der Waals surface area contributed by atoms with Gasteiger partial charge < -0.3 is 9.47 Å². The SMILES string of the molecule is C=CCN(Cc1cccs1)C(=O)c1cc(C)nc2c1nc1n2CCCCC1. The fraction of sp³-hybridized carbons (Fsp3) is 0.381. The zero-order valence-corrected chi connectivity index (χ0v) is 16.5. The van der Waals surface area contributed by atoms with Gasteiger partial charge in [-0.15, -0.1) is 17.9 Å². The summed E-state index contributed by atoms with van der Waals surface area (Å²) < 4.78 is 2.21. The van der Waals surface area contributed by atoms with Crippen LogP contribution in [0, 0.1) is 6.92 Å². The van der Waals surface area contributed by atoms with Gasteiger partial charge in [-0.1, -0.05) is 18.6 Å². The molecule has 4 heterocycles. The molecule has 1 aliphatic rings. The Morgan fingerprint density at radius 2 is 2.26 bits per heavy atom. The van der Waals surface area contributed by atoms with E-state index >= 15 is 0 Å². The minimum atomic E-state index is -0.00735. The Labute approximate surface area is 163 Å². The maximum absolute atomic E-state index is 13.4. The van der Waals surface area contributed by atoms with Gasteiger partial charge in [0, 0.05) is 30.1 Å². The highest BCUT2D eigenvalue weighted by atomic mass is 32.1. The molecule has 3 aromatic heterocycles. The number of thiophene rings is 1. The van der Waals surface area contributed by atoms with Crippen molar-refractivity contribution in [3.05, 3.63) is 58.2 Å². The standard InChI is InChI=1S/C21H24N4OS/c1-3-10-24(14-16-8-7-12-27-16)21(26)17-13-15(2)22-20-19(17)23-18-9-5-4-6-11-25(18)20/h3,7-8,12-13H,1,4-6,9-11,14H2,2H3. The third-order valence-corrected chi connectivity index (χ3v) is 5.85. The van der Waals surface area contributed by atoms with Crippen LogP contribution < -0.4 is 0 Å². The minimum Gasteiger partial charge on any atom is -0.330 e. The van der Waals surface area contributed by atoms with Crippen molar-refractivity contribution >= 4 is 28.4 Å². The normalized spacial score (nSPS) is 14.0. The second-order valence-electron chi connectivity index (χ2n) is 7.03. The summed E-state index contributed by atoms with van der Waals surface area (Å²) in [6, 6.07) is 5.94. The van der Waals surface area contributed by atoms with Gasteiger partial charge in [-0.3, -0.25) is 4.79 Å². The second kappa shape index (κ2) is 7.64. The number of imidazole rings is 1. The van der Waals surface area contributed by atoms with Gasteiger partial charge in [0.05, 0.1) is 12.1 Å². The van der Waals surface area contributed by atoms with Gasteiger partial charge >= 0.3 is 0 Å². The number of aromatic nitrogens is 3. The highest BCUT2D eigenvalue weighted by Crippen LogP contribution is 2.25. The van der Waals surface area contributed by atoms with E-state index in [0.717, 1.165) is 53.4 Å². The zero-order chi connectivity index (χ0) is 18.8. The van der Waals surface area contributed by atoms with Crippen LogP contribution in [-0.4, -0.2) is 31.9 Å². The maximum atomic E-state index is 13.4. The number of aryl methyl sites for hydroxylation is 3. The second-order valence-corrected chi connectivity index (χ2v) is 8.06. The lowest BCUT2D eigenvalue weighted by atomic mass is 10.1. The topological polar surface area (TPSA) is 51.0 Å². The molecule has 0 unspecified atom stereocenters. The van der Waals surface area contributed by atoms with Crippen molar-refractivity contribution in [2.45, 2.75) is 45.7 Å².